The van der Waals surface area contributed by atoms with Crippen molar-refractivity contribution in [1.82, 2.24) is 19.9 Å². The molecule has 2 heterocycles. The van der Waals surface area contributed by atoms with E-state index < -0.39 is 0 Å². The minimum atomic E-state index is 0.700. The van der Waals surface area contributed by atoms with Gasteiger partial charge in [0.1, 0.15) is 11.8 Å². The molecular weight excluding hydrogens is 196 g/mol. The highest BCUT2D eigenvalue weighted by molar-refractivity contribution is 7.80. The Morgan fingerprint density at radius 1 is 1.36 bits per heavy atom. The summed E-state index contributed by atoms with van der Waals surface area (Å²) in [5.41, 5.74) is 2.45. The Hall–Kier alpha value is -1.36. The monoisotopic (exact) mass is 206 g/mol. The van der Waals surface area contributed by atoms with Crippen LogP contribution in [-0.2, 0) is 0 Å². The normalized spacial score (nSPS) is 11.5. The molecule has 0 aromatic carbocycles. The van der Waals surface area contributed by atoms with Crippen molar-refractivity contribution in [3.05, 3.63) is 24.4 Å². The van der Waals surface area contributed by atoms with Gasteiger partial charge in [-0.3, -0.25) is 0 Å². The summed E-state index contributed by atoms with van der Waals surface area (Å²) in [5.74, 6) is 0.841. The average molecular weight is 206 g/mol. The van der Waals surface area contributed by atoms with Gasteiger partial charge >= 0.3 is 0 Å². The van der Waals surface area contributed by atoms with Crippen molar-refractivity contribution in [3.8, 4) is 0 Å². The lowest BCUT2D eigenvalue weighted by atomic mass is 10.3. The van der Waals surface area contributed by atoms with E-state index in [0.717, 1.165) is 23.4 Å². The number of fused-ring (bicyclic) bond motifs is 1. The predicted octanol–water partition coefficient (Wildman–Crippen LogP) is 1.69. The lowest BCUT2D eigenvalue weighted by Gasteiger charge is -1.93. The summed E-state index contributed by atoms with van der Waals surface area (Å²) in [6, 6.07) is 0. The predicted molar refractivity (Wildman–Crippen MR) is 59.2 cm³/mol. The van der Waals surface area contributed by atoms with Crippen molar-refractivity contribution in [2.45, 2.75) is 6.42 Å². The molecule has 2 rings (SSSR count). The van der Waals surface area contributed by atoms with Gasteiger partial charge in [0, 0.05) is 0 Å². The van der Waals surface area contributed by atoms with E-state index >= 15 is 0 Å². The van der Waals surface area contributed by atoms with Crippen LogP contribution in [0.4, 0.5) is 0 Å². The molecule has 72 valence electrons. The number of imidazole rings is 1. The van der Waals surface area contributed by atoms with Crippen LogP contribution in [0.15, 0.2) is 18.7 Å². The van der Waals surface area contributed by atoms with Crippen LogP contribution in [0.2, 0.25) is 0 Å². The fraction of sp³-hybridized carbons (Fsp3) is 0.222. The van der Waals surface area contributed by atoms with E-state index in [1.165, 1.54) is 6.33 Å². The van der Waals surface area contributed by atoms with Crippen LogP contribution in [-0.4, -0.2) is 25.7 Å². The first-order valence-electron chi connectivity index (χ1n) is 4.33. The number of thiol groups is 1. The van der Waals surface area contributed by atoms with Crippen molar-refractivity contribution in [1.29, 1.82) is 0 Å². The van der Waals surface area contributed by atoms with Crippen LogP contribution in [0.1, 0.15) is 12.1 Å². The van der Waals surface area contributed by atoms with Gasteiger partial charge in [-0.1, -0.05) is 6.08 Å². The minimum Gasteiger partial charge on any atom is -0.341 e. The smallest absolute Gasteiger partial charge is 0.181 e. The minimum absolute atomic E-state index is 0.700. The summed E-state index contributed by atoms with van der Waals surface area (Å²) in [6.45, 7) is 0. The van der Waals surface area contributed by atoms with Gasteiger partial charge in [-0.05, 0) is 18.2 Å². The van der Waals surface area contributed by atoms with E-state index in [4.69, 9.17) is 0 Å². The molecule has 0 aliphatic heterocycles. The van der Waals surface area contributed by atoms with Gasteiger partial charge in [0.25, 0.3) is 0 Å². The first kappa shape index (κ1) is 9.21. The maximum Gasteiger partial charge on any atom is 0.181 e. The molecule has 0 atom stereocenters. The van der Waals surface area contributed by atoms with Gasteiger partial charge in [-0.25, -0.2) is 15.0 Å². The Morgan fingerprint density at radius 2 is 2.29 bits per heavy atom. The first-order valence-corrected chi connectivity index (χ1v) is 4.96. The van der Waals surface area contributed by atoms with Gasteiger partial charge in [0.15, 0.2) is 5.65 Å². The second kappa shape index (κ2) is 4.23. The molecule has 0 unspecified atom stereocenters. The average Bonchev–Trinajstić information content (AvgIpc) is 2.67. The van der Waals surface area contributed by atoms with E-state index in [-0.39, 0.29) is 0 Å². The molecule has 4 nitrogen and oxygen atoms in total. The summed E-state index contributed by atoms with van der Waals surface area (Å²) < 4.78 is 0. The molecule has 0 spiro atoms. The zero-order chi connectivity index (χ0) is 9.80. The second-order valence-corrected chi connectivity index (χ2v) is 3.22. The van der Waals surface area contributed by atoms with Crippen molar-refractivity contribution in [3.63, 3.8) is 0 Å². The van der Waals surface area contributed by atoms with Crippen LogP contribution in [0, 0.1) is 0 Å². The Balaban J connectivity index is 2.36. The summed E-state index contributed by atoms with van der Waals surface area (Å²) in [7, 11) is 0. The zero-order valence-corrected chi connectivity index (χ0v) is 8.41. The van der Waals surface area contributed by atoms with Crippen molar-refractivity contribution in [2.24, 2.45) is 0 Å². The van der Waals surface area contributed by atoms with Crippen molar-refractivity contribution < 1.29 is 0 Å². The number of allylic oxidation sites excluding steroid dienone is 1. The van der Waals surface area contributed by atoms with Crippen LogP contribution in [0.5, 0.6) is 0 Å². The highest BCUT2D eigenvalue weighted by Crippen LogP contribution is 2.10. The van der Waals surface area contributed by atoms with Crippen LogP contribution in [0.25, 0.3) is 17.2 Å². The lowest BCUT2D eigenvalue weighted by Crippen LogP contribution is -1.86. The largest absolute Gasteiger partial charge is 0.341 e. The van der Waals surface area contributed by atoms with Crippen LogP contribution in [0.3, 0.4) is 0 Å². The van der Waals surface area contributed by atoms with Gasteiger partial charge in [-0.2, -0.15) is 12.6 Å². The topological polar surface area (TPSA) is 54.5 Å². The molecule has 0 bridgehead atoms. The van der Waals surface area contributed by atoms with E-state index in [1.54, 1.807) is 6.33 Å². The molecule has 5 heteroatoms. The second-order valence-electron chi connectivity index (χ2n) is 2.77. The SMILES string of the molecule is SCCC=Cc1ncnc2nc[nH]c12. The number of rotatable bonds is 3. The van der Waals surface area contributed by atoms with Gasteiger partial charge in [-0.15, -0.1) is 0 Å². The Labute approximate surface area is 86.9 Å². The standard InChI is InChI=1S/C9H10N4S/c14-4-2-1-3-7-8-9(12-5-10-7)13-6-11-8/h1,3,5-6,14H,2,4H2,(H,10,11,12,13). The number of hydrogen-bond donors (Lipinski definition) is 2. The molecule has 0 amide bonds. The number of aromatic amines is 1. The third kappa shape index (κ3) is 1.77. The molecule has 14 heavy (non-hydrogen) atoms. The molecule has 0 aliphatic rings. The molecule has 2 aromatic heterocycles. The maximum atomic E-state index is 4.16. The number of aromatic nitrogens is 4. The van der Waals surface area contributed by atoms with E-state index in [1.807, 2.05) is 12.2 Å². The van der Waals surface area contributed by atoms with Crippen molar-refractivity contribution >= 4 is 29.9 Å². The van der Waals surface area contributed by atoms with E-state index in [9.17, 15) is 0 Å². The number of H-pyrrole nitrogens is 1. The van der Waals surface area contributed by atoms with E-state index in [2.05, 4.69) is 32.6 Å². The molecule has 0 aliphatic carbocycles. The Kier molecular flexibility index (Phi) is 2.78. The molecular formula is C9H10N4S. The lowest BCUT2D eigenvalue weighted by molar-refractivity contribution is 1.18. The van der Waals surface area contributed by atoms with Crippen LogP contribution >= 0.6 is 12.6 Å². The first-order chi connectivity index (χ1) is 6.92. The van der Waals surface area contributed by atoms with Gasteiger partial charge in [0.2, 0.25) is 0 Å². The highest BCUT2D eigenvalue weighted by Gasteiger charge is 2.01. The number of hydrogen-bond acceptors (Lipinski definition) is 4. The highest BCUT2D eigenvalue weighted by atomic mass is 32.1. The third-order valence-electron chi connectivity index (χ3n) is 1.82. The zero-order valence-electron chi connectivity index (χ0n) is 7.51. The van der Waals surface area contributed by atoms with Crippen LogP contribution < -0.4 is 0 Å². The quantitative estimate of drug-likeness (QED) is 0.751. The maximum absolute atomic E-state index is 4.16. The summed E-state index contributed by atoms with van der Waals surface area (Å²) in [6.07, 6.45) is 8.07. The molecule has 2 aromatic rings. The van der Waals surface area contributed by atoms with Crippen molar-refractivity contribution in [2.75, 3.05) is 5.75 Å². The fourth-order valence-corrected chi connectivity index (χ4v) is 1.33. The third-order valence-corrected chi connectivity index (χ3v) is 2.08. The molecule has 0 radical (unpaired) electrons. The summed E-state index contributed by atoms with van der Waals surface area (Å²) in [5, 5.41) is 0. The Bertz CT molecular complexity index is 449. The molecule has 0 saturated heterocycles. The summed E-state index contributed by atoms with van der Waals surface area (Å²) in [4.78, 5) is 15.2. The number of nitrogens with zero attached hydrogens (tertiary/aromatic N) is 3. The van der Waals surface area contributed by atoms with Gasteiger partial charge < -0.3 is 4.98 Å². The van der Waals surface area contributed by atoms with Gasteiger partial charge in [0.05, 0.1) is 12.0 Å². The molecule has 0 fully saturated rings. The molecule has 0 saturated carbocycles. The molecule has 1 N–H and O–H groups in total. The Morgan fingerprint density at radius 3 is 3.14 bits per heavy atom. The van der Waals surface area contributed by atoms with E-state index in [0.29, 0.717) is 5.65 Å². The number of nitrogens with one attached hydrogen (secondary N) is 1. The fourth-order valence-electron chi connectivity index (χ4n) is 1.18. The summed E-state index contributed by atoms with van der Waals surface area (Å²) >= 11 is 4.12.